The van der Waals surface area contributed by atoms with Crippen LogP contribution in [0.3, 0.4) is 0 Å². The van der Waals surface area contributed by atoms with Crippen molar-refractivity contribution in [2.24, 2.45) is 4.99 Å². The average Bonchev–Trinajstić information content (AvgIpc) is 3.26. The number of anilines is 3. The number of benzene rings is 2. The number of nitrogens with one attached hydrogen (secondary N) is 2. The van der Waals surface area contributed by atoms with Crippen molar-refractivity contribution in [1.29, 1.82) is 0 Å². The third kappa shape index (κ3) is 3.54. The number of hydrogen-bond acceptors (Lipinski definition) is 6. The Kier molecular flexibility index (Phi) is 4.36. The number of hydrogen-bond donors (Lipinski definition) is 2. The van der Waals surface area contributed by atoms with Gasteiger partial charge in [0.05, 0.1) is 12.1 Å². The fraction of sp³-hybridized carbons (Fsp3) is 0.111. The van der Waals surface area contributed by atoms with E-state index < -0.39 is 11.6 Å². The molecule has 0 saturated heterocycles. The summed E-state index contributed by atoms with van der Waals surface area (Å²) >= 11 is 1.08. The maximum Gasteiger partial charge on any atom is 0.221 e. The molecule has 0 saturated carbocycles. The van der Waals surface area contributed by atoms with Gasteiger partial charge in [0.25, 0.3) is 0 Å². The monoisotopic (exact) mass is 385 g/mol. The molecule has 27 heavy (non-hydrogen) atoms. The Hall–Kier alpha value is -3.20. The fourth-order valence-corrected chi connectivity index (χ4v) is 3.48. The van der Waals surface area contributed by atoms with Gasteiger partial charge in [0.1, 0.15) is 0 Å². The number of amides is 1. The highest BCUT2D eigenvalue weighted by molar-refractivity contribution is 7.18. The Morgan fingerprint density at radius 3 is 2.81 bits per heavy atom. The molecule has 2 aromatic carbocycles. The van der Waals surface area contributed by atoms with E-state index in [2.05, 4.69) is 25.8 Å². The van der Waals surface area contributed by atoms with E-state index in [4.69, 9.17) is 0 Å². The minimum Gasteiger partial charge on any atom is -0.330 e. The van der Waals surface area contributed by atoms with Gasteiger partial charge in [-0.15, -0.1) is 10.2 Å². The van der Waals surface area contributed by atoms with Crippen LogP contribution in [0.4, 0.5) is 25.3 Å². The predicted molar refractivity (Wildman–Crippen MR) is 101 cm³/mol. The normalized spacial score (nSPS) is 12.1. The number of carbonyl (C=O) groups excluding carboxylic acids is 1. The van der Waals surface area contributed by atoms with Crippen LogP contribution in [-0.2, 0) is 11.3 Å². The van der Waals surface area contributed by atoms with E-state index in [-0.39, 0.29) is 22.2 Å². The highest BCUT2D eigenvalue weighted by Gasteiger charge is 2.17. The van der Waals surface area contributed by atoms with Crippen LogP contribution in [-0.4, -0.2) is 22.3 Å². The van der Waals surface area contributed by atoms with E-state index in [1.165, 1.54) is 13.0 Å². The maximum absolute atomic E-state index is 14.2. The lowest BCUT2D eigenvalue weighted by atomic mass is 10.1. The highest BCUT2D eigenvalue weighted by Crippen LogP contribution is 2.33. The number of rotatable bonds is 4. The Labute approximate surface area is 157 Å². The first kappa shape index (κ1) is 17.2. The first-order chi connectivity index (χ1) is 13.0. The molecule has 0 spiro atoms. The summed E-state index contributed by atoms with van der Waals surface area (Å²) in [6.45, 7) is 1.96. The standard InChI is InChI=1S/C18H13F2N5OS/c1-9(26)22-13-5-14(16(20)15(19)6-13)17-24-25-18(27-17)23-12-3-2-10-7-21-8-11(10)4-12/h2-6,8H,7H2,1H3,(H,22,26)(H,23,25). The summed E-state index contributed by atoms with van der Waals surface area (Å²) in [6, 6.07) is 8.05. The molecule has 1 aromatic heterocycles. The third-order valence-corrected chi connectivity index (χ3v) is 4.77. The van der Waals surface area contributed by atoms with E-state index in [0.717, 1.165) is 34.2 Å². The minimum absolute atomic E-state index is 0.0645. The first-order valence-corrected chi connectivity index (χ1v) is 8.81. The van der Waals surface area contributed by atoms with Crippen molar-refractivity contribution in [3.63, 3.8) is 0 Å². The molecule has 2 heterocycles. The number of aliphatic imine (C=N–C) groups is 1. The summed E-state index contributed by atoms with van der Waals surface area (Å²) in [6.07, 6.45) is 1.80. The van der Waals surface area contributed by atoms with Gasteiger partial charge < -0.3 is 10.6 Å². The molecule has 0 fully saturated rings. The second-order valence-electron chi connectivity index (χ2n) is 5.92. The van der Waals surface area contributed by atoms with Crippen molar-refractivity contribution in [3.8, 4) is 10.6 Å². The Bertz CT molecular complexity index is 1080. The molecule has 1 aliphatic heterocycles. The summed E-state index contributed by atoms with van der Waals surface area (Å²) < 4.78 is 28.1. The van der Waals surface area contributed by atoms with Gasteiger partial charge in [0.2, 0.25) is 11.0 Å². The van der Waals surface area contributed by atoms with Crippen molar-refractivity contribution in [2.45, 2.75) is 13.5 Å². The molecule has 0 unspecified atom stereocenters. The number of halogens is 2. The number of carbonyl (C=O) groups is 1. The largest absolute Gasteiger partial charge is 0.330 e. The number of nitrogens with zero attached hydrogens (tertiary/aromatic N) is 3. The smallest absolute Gasteiger partial charge is 0.221 e. The Balaban J connectivity index is 1.62. The predicted octanol–water partition coefficient (Wildman–Crippen LogP) is 4.12. The molecule has 1 aliphatic rings. The van der Waals surface area contributed by atoms with E-state index in [1.54, 1.807) is 6.21 Å². The molecule has 4 rings (SSSR count). The molecule has 136 valence electrons. The summed E-state index contributed by atoms with van der Waals surface area (Å²) in [5.74, 6) is -2.49. The van der Waals surface area contributed by atoms with Gasteiger partial charge in [0, 0.05) is 30.6 Å². The first-order valence-electron chi connectivity index (χ1n) is 8.00. The lowest BCUT2D eigenvalue weighted by Gasteiger charge is -2.06. The summed E-state index contributed by atoms with van der Waals surface area (Å²) in [7, 11) is 0. The van der Waals surface area contributed by atoms with E-state index in [1.807, 2.05) is 18.2 Å². The fourth-order valence-electron chi connectivity index (χ4n) is 2.71. The molecule has 0 atom stereocenters. The van der Waals surface area contributed by atoms with Crippen LogP contribution in [0.5, 0.6) is 0 Å². The number of fused-ring (bicyclic) bond motifs is 1. The minimum atomic E-state index is -1.07. The second kappa shape index (κ2) is 6.84. The van der Waals surface area contributed by atoms with Crippen molar-refractivity contribution < 1.29 is 13.6 Å². The molecule has 3 aromatic rings. The van der Waals surface area contributed by atoms with Gasteiger partial charge >= 0.3 is 0 Å². The van der Waals surface area contributed by atoms with Crippen LogP contribution < -0.4 is 10.6 Å². The summed E-state index contributed by atoms with van der Waals surface area (Å²) in [5, 5.41) is 14.1. The molecular weight excluding hydrogens is 372 g/mol. The van der Waals surface area contributed by atoms with Gasteiger partial charge in [-0.05, 0) is 29.3 Å². The van der Waals surface area contributed by atoms with Crippen molar-refractivity contribution >= 4 is 40.0 Å². The third-order valence-electron chi connectivity index (χ3n) is 3.89. The van der Waals surface area contributed by atoms with E-state index in [9.17, 15) is 13.6 Å². The Morgan fingerprint density at radius 1 is 1.15 bits per heavy atom. The highest BCUT2D eigenvalue weighted by atomic mass is 32.1. The SMILES string of the molecule is CC(=O)Nc1cc(F)c(F)c(-c2nnc(Nc3ccc4c(c3)C=NC4)s2)c1. The van der Waals surface area contributed by atoms with Crippen LogP contribution in [0.25, 0.3) is 10.6 Å². The van der Waals surface area contributed by atoms with Gasteiger partial charge in [-0.25, -0.2) is 8.78 Å². The molecule has 0 bridgehead atoms. The lowest BCUT2D eigenvalue weighted by Crippen LogP contribution is -2.06. The van der Waals surface area contributed by atoms with Crippen LogP contribution in [0.15, 0.2) is 35.3 Å². The van der Waals surface area contributed by atoms with Crippen molar-refractivity contribution in [1.82, 2.24) is 10.2 Å². The lowest BCUT2D eigenvalue weighted by molar-refractivity contribution is -0.114. The second-order valence-corrected chi connectivity index (χ2v) is 6.90. The van der Waals surface area contributed by atoms with E-state index in [0.29, 0.717) is 11.7 Å². The number of aromatic nitrogens is 2. The van der Waals surface area contributed by atoms with Crippen LogP contribution in [0, 0.1) is 11.6 Å². The maximum atomic E-state index is 14.2. The molecule has 2 N–H and O–H groups in total. The topological polar surface area (TPSA) is 79.3 Å². The van der Waals surface area contributed by atoms with Gasteiger partial charge in [-0.2, -0.15) is 0 Å². The zero-order valence-corrected chi connectivity index (χ0v) is 14.9. The molecule has 6 nitrogen and oxygen atoms in total. The molecule has 9 heteroatoms. The summed E-state index contributed by atoms with van der Waals surface area (Å²) in [4.78, 5) is 15.4. The van der Waals surface area contributed by atoms with Crippen LogP contribution in [0.1, 0.15) is 18.1 Å². The van der Waals surface area contributed by atoms with Gasteiger partial charge in [-0.1, -0.05) is 17.4 Å². The van der Waals surface area contributed by atoms with Crippen LogP contribution >= 0.6 is 11.3 Å². The van der Waals surface area contributed by atoms with E-state index >= 15 is 0 Å². The van der Waals surface area contributed by atoms with Crippen molar-refractivity contribution in [2.75, 3.05) is 10.6 Å². The molecular formula is C18H13F2N5OS. The zero-order valence-electron chi connectivity index (χ0n) is 14.1. The quantitative estimate of drug-likeness (QED) is 0.708. The average molecular weight is 385 g/mol. The van der Waals surface area contributed by atoms with Crippen molar-refractivity contribution in [3.05, 3.63) is 53.1 Å². The van der Waals surface area contributed by atoms with Gasteiger partial charge in [-0.3, -0.25) is 9.79 Å². The van der Waals surface area contributed by atoms with Gasteiger partial charge in [0.15, 0.2) is 16.6 Å². The Morgan fingerprint density at radius 2 is 2.00 bits per heavy atom. The summed E-state index contributed by atoms with van der Waals surface area (Å²) in [5.41, 5.74) is 3.06. The molecule has 1 amide bonds. The zero-order chi connectivity index (χ0) is 19.0. The molecule has 0 radical (unpaired) electrons. The molecule has 0 aliphatic carbocycles. The van der Waals surface area contributed by atoms with Crippen LogP contribution in [0.2, 0.25) is 0 Å².